The van der Waals surface area contributed by atoms with Crippen LogP contribution in [-0.2, 0) is 56.0 Å². The molecule has 0 aliphatic carbocycles. The van der Waals surface area contributed by atoms with Crippen molar-refractivity contribution in [1.82, 2.24) is 5.32 Å². The molecule has 1 N–H and O–H groups in total. The second-order valence-electron chi connectivity index (χ2n) is 28.1. The summed E-state index contributed by atoms with van der Waals surface area (Å²) in [6.07, 6.45) is 4.84. The summed E-state index contributed by atoms with van der Waals surface area (Å²) in [6, 6.07) is 0. The minimum atomic E-state index is -2.48. The monoisotopic (exact) mass is 1240 g/mol. The van der Waals surface area contributed by atoms with Crippen molar-refractivity contribution in [2.75, 3.05) is 13.7 Å². The maximum atomic E-state index is 14.9. The number of hydrogen-bond acceptors (Lipinski definition) is 13. The first kappa shape index (κ1) is 65.0. The maximum absolute atomic E-state index is 14.9. The van der Waals surface area contributed by atoms with E-state index in [2.05, 4.69) is 156 Å². The number of ether oxygens (including phenoxy) is 7. The fourth-order valence-electron chi connectivity index (χ4n) is 11.5. The Morgan fingerprint density at radius 1 is 0.753 bits per heavy atom. The van der Waals surface area contributed by atoms with Crippen LogP contribution in [0.15, 0.2) is 34.5 Å². The third-order valence-electron chi connectivity index (χ3n) is 19.3. The van der Waals surface area contributed by atoms with Crippen molar-refractivity contribution in [2.45, 2.75) is 292 Å². The van der Waals surface area contributed by atoms with Crippen LogP contribution in [0.4, 0.5) is 4.79 Å². The number of halogens is 1. The Kier molecular flexibility index (Phi) is 22.1. The number of rotatable bonds is 23. The number of methoxy groups -OCH3 is 1. The predicted molar refractivity (Wildman–Crippen MR) is 319 cm³/mol. The number of Topliss-reactive ketones (excluding diaryl/α,β-unsaturated/α-hetero) is 1. The highest BCUT2D eigenvalue weighted by Crippen LogP contribution is 2.48. The maximum Gasteiger partial charge on any atom is 0.407 e. The van der Waals surface area contributed by atoms with Crippen molar-refractivity contribution in [3.05, 3.63) is 34.5 Å². The largest absolute Gasteiger partial charge is 0.444 e. The molecule has 440 valence electrons. The molecule has 6 aliphatic rings. The van der Waals surface area contributed by atoms with Crippen LogP contribution >= 0.6 is 22.6 Å². The standard InChI is InChI=1S/C59H102INO13Si3/c1-36-29-41(22-24-45-37(2)30-40(66-45)21-20-28-62)67-48(38(36)3)34-49-44(51(65-13)50(70-49)33-43-35-61-56(64)69-43)32-39(63)31-42-23-25-46-52(68-42)54(73-76(16,17)58(7,8)9)55(74-77(18,19)59(10,11)12)53(71-46)47(26-27-60)72-75(14,15)57(4,5)6/h26-28,36,40-55H,2-3,20-25,29-35H2,1,4-19H3,(H,61,64)/b27-26+/t36-,40+,41+,42?,43+,44+,45+,46?,47+,48-,49+,50-,51-,52+,53+,54?,55?/m1/s1. The fourth-order valence-corrected chi connectivity index (χ4v) is 15.7. The second kappa shape index (κ2) is 26.2. The summed E-state index contributed by atoms with van der Waals surface area (Å²) in [5.41, 5.74) is 2.10. The minimum Gasteiger partial charge on any atom is -0.444 e. The molecule has 18 heteroatoms. The van der Waals surface area contributed by atoms with Gasteiger partial charge in [-0.05, 0) is 127 Å². The van der Waals surface area contributed by atoms with E-state index in [0.717, 1.165) is 43.1 Å². The van der Waals surface area contributed by atoms with E-state index in [-0.39, 0.29) is 94.4 Å². The molecule has 0 aromatic heterocycles. The topological polar surface area (TPSA) is 156 Å². The Morgan fingerprint density at radius 2 is 1.39 bits per heavy atom. The van der Waals surface area contributed by atoms with Gasteiger partial charge in [0.05, 0.1) is 67.6 Å². The number of carbonyl (C=O) groups excluding carboxylic acids is 3. The molecule has 1 amide bonds. The van der Waals surface area contributed by atoms with Crippen LogP contribution in [0.5, 0.6) is 0 Å². The average molecular weight is 1240 g/mol. The van der Waals surface area contributed by atoms with Crippen LogP contribution in [0.3, 0.4) is 0 Å². The Labute approximate surface area is 481 Å². The molecule has 0 saturated carbocycles. The van der Waals surface area contributed by atoms with Crippen LogP contribution < -0.4 is 5.32 Å². The van der Waals surface area contributed by atoms with Gasteiger partial charge in [0.15, 0.2) is 25.0 Å². The lowest BCUT2D eigenvalue weighted by molar-refractivity contribution is -0.266. The van der Waals surface area contributed by atoms with E-state index in [1.165, 1.54) is 0 Å². The van der Waals surface area contributed by atoms with E-state index in [9.17, 15) is 14.4 Å². The molecule has 6 saturated heterocycles. The summed E-state index contributed by atoms with van der Waals surface area (Å²) >= 11 is 2.30. The van der Waals surface area contributed by atoms with E-state index in [1.807, 2.05) is 4.08 Å². The Hall–Kier alpha value is -1.15. The van der Waals surface area contributed by atoms with Gasteiger partial charge in [-0.15, -0.1) is 0 Å². The summed E-state index contributed by atoms with van der Waals surface area (Å²) in [5, 5.41) is 2.53. The van der Waals surface area contributed by atoms with E-state index in [0.29, 0.717) is 45.1 Å². The first-order valence-electron chi connectivity index (χ1n) is 29.1. The zero-order valence-electron chi connectivity index (χ0n) is 50.3. The summed E-state index contributed by atoms with van der Waals surface area (Å²) in [6.45, 7) is 45.7. The molecule has 77 heavy (non-hydrogen) atoms. The molecular formula is C59H102INO13Si3. The van der Waals surface area contributed by atoms with Gasteiger partial charge in [0.25, 0.3) is 0 Å². The highest BCUT2D eigenvalue weighted by molar-refractivity contribution is 14.1. The number of fused-ring (bicyclic) bond motifs is 1. The van der Waals surface area contributed by atoms with Crippen LogP contribution in [0.25, 0.3) is 0 Å². The van der Waals surface area contributed by atoms with Gasteiger partial charge < -0.3 is 56.5 Å². The summed E-state index contributed by atoms with van der Waals surface area (Å²) < 4.78 is 71.4. The lowest BCUT2D eigenvalue weighted by Gasteiger charge is -2.56. The first-order valence-corrected chi connectivity index (χ1v) is 39.0. The van der Waals surface area contributed by atoms with Gasteiger partial charge >= 0.3 is 6.09 Å². The van der Waals surface area contributed by atoms with E-state index in [4.69, 9.17) is 46.4 Å². The van der Waals surface area contributed by atoms with Crippen molar-refractivity contribution < 1.29 is 60.8 Å². The van der Waals surface area contributed by atoms with Crippen molar-refractivity contribution >= 4 is 65.7 Å². The van der Waals surface area contributed by atoms with Crippen LogP contribution in [0, 0.1) is 11.8 Å². The third kappa shape index (κ3) is 16.1. The normalized spacial score (nSPS) is 35.3. The Balaban J connectivity index is 1.25. The van der Waals surface area contributed by atoms with E-state index < -0.39 is 73.8 Å². The van der Waals surface area contributed by atoms with E-state index in [1.54, 1.807) is 7.11 Å². The first-order chi connectivity index (χ1) is 35.7. The quantitative estimate of drug-likeness (QED) is 0.0447. The highest BCUT2D eigenvalue weighted by atomic mass is 127. The molecule has 6 aliphatic heterocycles. The second-order valence-corrected chi connectivity index (χ2v) is 43.1. The van der Waals surface area contributed by atoms with Crippen LogP contribution in [0.2, 0.25) is 54.4 Å². The molecule has 6 fully saturated rings. The number of amides is 1. The van der Waals surface area contributed by atoms with Crippen molar-refractivity contribution in [1.29, 1.82) is 0 Å². The van der Waals surface area contributed by atoms with Gasteiger partial charge in [0, 0.05) is 45.1 Å². The number of aldehydes is 1. The molecule has 0 aromatic rings. The molecule has 0 aromatic carbocycles. The number of ketones is 1. The minimum absolute atomic E-state index is 0.0219. The molecule has 6 rings (SSSR count). The molecule has 14 nitrogen and oxygen atoms in total. The number of hydrogen-bond donors (Lipinski definition) is 1. The van der Waals surface area contributed by atoms with Gasteiger partial charge in [-0.25, -0.2) is 4.79 Å². The van der Waals surface area contributed by atoms with Crippen LogP contribution in [-0.4, -0.2) is 148 Å². The molecular weight excluding hydrogens is 1140 g/mol. The van der Waals surface area contributed by atoms with Gasteiger partial charge in [0.2, 0.25) is 0 Å². The Bertz CT molecular complexity index is 2070. The lowest BCUT2D eigenvalue weighted by Crippen LogP contribution is -2.69. The smallest absolute Gasteiger partial charge is 0.407 e. The molecule has 0 spiro atoms. The number of alkyl carbamates (subject to hydrolysis) is 1. The third-order valence-corrected chi connectivity index (χ3v) is 33.1. The summed E-state index contributed by atoms with van der Waals surface area (Å²) in [4.78, 5) is 38.1. The SMILES string of the molecule is C=C1C[C@H](CCC=O)O[C@H]1CC[C@H]1C[C@@H](C)C(=C)[C@@H](C[C@@H]2O[C@H](C[C@H]3CNC(=O)O3)[C@H](OC)[C@H]2CC(=O)CC2CCC3O[C@@H]([C@H](/C=C/I)O[Si](C)(C)C(C)(C)C)C(O[Si](C)(C)C(C)(C)C)C(O[Si](C)(C)C(C)(C)C)[C@H]3O2)O1. The average Bonchev–Trinajstić information content (AvgIpc) is 4.00. The van der Waals surface area contributed by atoms with Crippen molar-refractivity contribution in [3.8, 4) is 0 Å². The fraction of sp³-hybridized carbons (Fsp3) is 0.847. The van der Waals surface area contributed by atoms with Gasteiger partial charge in [-0.3, -0.25) is 4.79 Å². The van der Waals surface area contributed by atoms with E-state index >= 15 is 0 Å². The molecule has 0 radical (unpaired) electrons. The molecule has 6 heterocycles. The lowest BCUT2D eigenvalue weighted by atomic mass is 9.81. The Morgan fingerprint density at radius 3 is 1.97 bits per heavy atom. The van der Waals surface area contributed by atoms with Crippen LogP contribution in [0.1, 0.15) is 146 Å². The van der Waals surface area contributed by atoms with Gasteiger partial charge in [-0.1, -0.05) is 105 Å². The zero-order valence-corrected chi connectivity index (χ0v) is 55.5. The molecule has 4 unspecified atom stereocenters. The molecule has 0 bridgehead atoms. The summed E-state index contributed by atoms with van der Waals surface area (Å²) in [5.74, 6) is -0.0153. The summed E-state index contributed by atoms with van der Waals surface area (Å²) in [7, 11) is -5.59. The predicted octanol–water partition coefficient (Wildman–Crippen LogP) is 12.9. The van der Waals surface area contributed by atoms with Gasteiger partial charge in [-0.2, -0.15) is 0 Å². The van der Waals surface area contributed by atoms with Gasteiger partial charge in [0.1, 0.15) is 42.6 Å². The zero-order chi connectivity index (χ0) is 57.2. The van der Waals surface area contributed by atoms with Crippen molar-refractivity contribution in [2.24, 2.45) is 11.8 Å². The van der Waals surface area contributed by atoms with Crippen molar-refractivity contribution in [3.63, 3.8) is 0 Å². The number of cyclic esters (lactones) is 1. The number of carbonyl (C=O) groups is 3. The number of nitrogens with one attached hydrogen (secondary N) is 1. The molecule has 17 atom stereocenters. The highest BCUT2D eigenvalue weighted by Gasteiger charge is 2.58.